The second-order valence-corrected chi connectivity index (χ2v) is 9.34. The van der Waals surface area contributed by atoms with Gasteiger partial charge in [-0.2, -0.15) is 0 Å². The number of benzene rings is 4. The first-order valence-electron chi connectivity index (χ1n) is 12.4. The van der Waals surface area contributed by atoms with Gasteiger partial charge in [-0.3, -0.25) is 9.59 Å². The van der Waals surface area contributed by atoms with E-state index in [9.17, 15) is 9.59 Å². The van der Waals surface area contributed by atoms with E-state index in [2.05, 4.69) is 42.5 Å². The molecule has 0 saturated carbocycles. The van der Waals surface area contributed by atoms with Gasteiger partial charge in [0.1, 0.15) is 6.61 Å². The molecule has 0 radical (unpaired) electrons. The number of esters is 2. The molecule has 178 valence electrons. The Morgan fingerprint density at radius 3 is 2.03 bits per heavy atom. The minimum absolute atomic E-state index is 0.173. The van der Waals surface area contributed by atoms with E-state index in [1.165, 1.54) is 22.3 Å². The Morgan fingerprint density at radius 2 is 1.28 bits per heavy atom. The molecule has 4 aromatic rings. The second-order valence-electron chi connectivity index (χ2n) is 9.34. The molecule has 4 aromatic carbocycles. The van der Waals surface area contributed by atoms with Gasteiger partial charge in [-0.05, 0) is 51.8 Å². The fourth-order valence-electron chi connectivity index (χ4n) is 5.39. The smallest absolute Gasteiger partial charge is 0.306 e. The molecule has 0 amide bonds. The normalized spacial score (nSPS) is 12.9. The van der Waals surface area contributed by atoms with Crippen LogP contribution in [0.3, 0.4) is 0 Å². The highest BCUT2D eigenvalue weighted by molar-refractivity contribution is 5.80. The van der Waals surface area contributed by atoms with Gasteiger partial charge in [0, 0.05) is 24.0 Å². The van der Waals surface area contributed by atoms with Crippen molar-refractivity contribution in [3.8, 4) is 22.3 Å². The van der Waals surface area contributed by atoms with Crippen LogP contribution in [0.15, 0.2) is 91.0 Å². The Balaban J connectivity index is 1.02. The summed E-state index contributed by atoms with van der Waals surface area (Å²) in [6, 6.07) is 30.6. The van der Waals surface area contributed by atoms with Crippen molar-refractivity contribution < 1.29 is 19.1 Å². The van der Waals surface area contributed by atoms with Crippen LogP contribution in [-0.2, 0) is 32.1 Å². The summed E-state index contributed by atoms with van der Waals surface area (Å²) in [6.07, 6.45) is 1.21. The average molecular weight is 475 g/mol. The quantitative estimate of drug-likeness (QED) is 0.244. The van der Waals surface area contributed by atoms with Crippen LogP contribution in [0.4, 0.5) is 0 Å². The van der Waals surface area contributed by atoms with E-state index in [0.717, 1.165) is 34.2 Å². The number of rotatable bonds is 7. The molecule has 2 aliphatic rings. The molecule has 36 heavy (non-hydrogen) atoms. The predicted molar refractivity (Wildman–Crippen MR) is 138 cm³/mol. The Kier molecular flexibility index (Phi) is 5.86. The van der Waals surface area contributed by atoms with Crippen LogP contribution in [0, 0.1) is 0 Å². The lowest BCUT2D eigenvalue weighted by Crippen LogP contribution is -2.12. The van der Waals surface area contributed by atoms with Crippen molar-refractivity contribution in [2.75, 3.05) is 0 Å². The van der Waals surface area contributed by atoms with Gasteiger partial charge in [0.2, 0.25) is 0 Å². The van der Waals surface area contributed by atoms with Crippen molar-refractivity contribution >= 4 is 11.9 Å². The molecule has 0 bridgehead atoms. The van der Waals surface area contributed by atoms with Crippen LogP contribution in [0.2, 0.25) is 0 Å². The van der Waals surface area contributed by atoms with Gasteiger partial charge in [0.05, 0.1) is 0 Å². The molecule has 0 N–H and O–H groups in total. The number of hydrogen-bond acceptors (Lipinski definition) is 4. The zero-order valence-electron chi connectivity index (χ0n) is 19.9. The third-order valence-electron chi connectivity index (χ3n) is 7.12. The van der Waals surface area contributed by atoms with Crippen molar-refractivity contribution in [3.63, 3.8) is 0 Å². The lowest BCUT2D eigenvalue weighted by molar-refractivity contribution is -0.148. The van der Waals surface area contributed by atoms with E-state index in [-0.39, 0.29) is 31.4 Å². The number of carbonyl (C=O) groups is 2. The maximum atomic E-state index is 12.6. The van der Waals surface area contributed by atoms with E-state index in [1.54, 1.807) is 0 Å². The van der Waals surface area contributed by atoms with Crippen LogP contribution in [0.1, 0.15) is 53.2 Å². The fraction of sp³-hybridized carbons (Fsp3) is 0.188. The molecule has 4 nitrogen and oxygen atoms in total. The standard InChI is InChI=1S/C32H26O4/c33-30(35-20-22-10-7-16-24-23-11-2-1-9-21(23)19-29(22)24)17-8-18-31(34)36-32-27-14-5-3-12-25(27)26-13-4-6-15-28(26)32/h1-7,9-16,32H,8,17-20H2. The Labute approximate surface area is 210 Å². The van der Waals surface area contributed by atoms with Gasteiger partial charge in [-0.15, -0.1) is 0 Å². The SMILES string of the molecule is O=C(CCCC(=O)OC1c2ccccc2-c2ccccc21)OCc1cccc2c1Cc1ccccc1-2. The lowest BCUT2D eigenvalue weighted by atomic mass is 10.0. The van der Waals surface area contributed by atoms with Gasteiger partial charge in [-0.1, -0.05) is 91.0 Å². The maximum absolute atomic E-state index is 12.6. The summed E-state index contributed by atoms with van der Waals surface area (Å²) < 4.78 is 11.4. The predicted octanol–water partition coefficient (Wildman–Crippen LogP) is 6.78. The van der Waals surface area contributed by atoms with Gasteiger partial charge in [-0.25, -0.2) is 0 Å². The Bertz CT molecular complexity index is 1420. The minimum atomic E-state index is -0.402. The van der Waals surface area contributed by atoms with Crippen LogP contribution < -0.4 is 0 Å². The topological polar surface area (TPSA) is 52.6 Å². The molecule has 2 aliphatic carbocycles. The first kappa shape index (κ1) is 22.3. The number of ether oxygens (including phenoxy) is 2. The number of fused-ring (bicyclic) bond motifs is 6. The van der Waals surface area contributed by atoms with Crippen LogP contribution in [0.5, 0.6) is 0 Å². The van der Waals surface area contributed by atoms with Gasteiger partial charge in [0.15, 0.2) is 6.10 Å². The third kappa shape index (κ3) is 4.09. The number of hydrogen-bond donors (Lipinski definition) is 0. The van der Waals surface area contributed by atoms with Crippen LogP contribution in [0.25, 0.3) is 22.3 Å². The lowest BCUT2D eigenvalue weighted by Gasteiger charge is -2.15. The molecule has 0 unspecified atom stereocenters. The molecule has 4 heteroatoms. The van der Waals surface area contributed by atoms with Crippen molar-refractivity contribution in [2.24, 2.45) is 0 Å². The Morgan fingerprint density at radius 1 is 0.667 bits per heavy atom. The first-order chi connectivity index (χ1) is 17.7. The number of carbonyl (C=O) groups excluding carboxylic acids is 2. The molecule has 0 saturated heterocycles. The molecule has 0 fully saturated rings. The van der Waals surface area contributed by atoms with E-state index in [1.807, 2.05) is 48.5 Å². The van der Waals surface area contributed by atoms with E-state index >= 15 is 0 Å². The molecule has 0 aromatic heterocycles. The van der Waals surface area contributed by atoms with Crippen molar-refractivity contribution in [1.82, 2.24) is 0 Å². The molecule has 0 aliphatic heterocycles. The molecule has 0 spiro atoms. The Hall–Kier alpha value is -4.18. The largest absolute Gasteiger partial charge is 0.461 e. The molecular formula is C32H26O4. The van der Waals surface area contributed by atoms with Crippen molar-refractivity contribution in [1.29, 1.82) is 0 Å². The summed E-state index contributed by atoms with van der Waals surface area (Å²) in [6.45, 7) is 0.246. The summed E-state index contributed by atoms with van der Waals surface area (Å²) in [7, 11) is 0. The summed E-state index contributed by atoms with van der Waals surface area (Å²) >= 11 is 0. The molecular weight excluding hydrogens is 448 g/mol. The molecule has 6 rings (SSSR count). The zero-order chi connectivity index (χ0) is 24.5. The summed E-state index contributed by atoms with van der Waals surface area (Å²) in [4.78, 5) is 25.1. The minimum Gasteiger partial charge on any atom is -0.461 e. The fourth-order valence-corrected chi connectivity index (χ4v) is 5.39. The first-order valence-corrected chi connectivity index (χ1v) is 12.4. The van der Waals surface area contributed by atoms with Crippen molar-refractivity contribution in [2.45, 2.75) is 38.4 Å². The maximum Gasteiger partial charge on any atom is 0.306 e. The van der Waals surface area contributed by atoms with Crippen molar-refractivity contribution in [3.05, 3.63) is 119 Å². The monoisotopic (exact) mass is 474 g/mol. The van der Waals surface area contributed by atoms with E-state index < -0.39 is 6.10 Å². The highest BCUT2D eigenvalue weighted by Crippen LogP contribution is 2.45. The zero-order valence-corrected chi connectivity index (χ0v) is 19.9. The second kappa shape index (κ2) is 9.46. The van der Waals surface area contributed by atoms with Crippen LogP contribution in [-0.4, -0.2) is 11.9 Å². The summed E-state index contributed by atoms with van der Waals surface area (Å²) in [5.74, 6) is -0.606. The van der Waals surface area contributed by atoms with Gasteiger partial charge in [0.25, 0.3) is 0 Å². The van der Waals surface area contributed by atoms with Gasteiger partial charge >= 0.3 is 11.9 Å². The third-order valence-corrected chi connectivity index (χ3v) is 7.12. The summed E-state index contributed by atoms with van der Waals surface area (Å²) in [5.41, 5.74) is 10.3. The van der Waals surface area contributed by atoms with Gasteiger partial charge < -0.3 is 9.47 Å². The summed E-state index contributed by atoms with van der Waals surface area (Å²) in [5, 5.41) is 0. The van der Waals surface area contributed by atoms with Crippen LogP contribution >= 0.6 is 0 Å². The molecule has 0 heterocycles. The molecule has 0 atom stereocenters. The van der Waals surface area contributed by atoms with E-state index in [0.29, 0.717) is 6.42 Å². The highest BCUT2D eigenvalue weighted by atomic mass is 16.5. The average Bonchev–Trinajstić information content (AvgIpc) is 3.44. The van der Waals surface area contributed by atoms with E-state index in [4.69, 9.17) is 9.47 Å². The highest BCUT2D eigenvalue weighted by Gasteiger charge is 2.31.